The summed E-state index contributed by atoms with van der Waals surface area (Å²) in [5.41, 5.74) is 0.591. The van der Waals surface area contributed by atoms with Gasteiger partial charge in [-0.05, 0) is 31.0 Å². The largest absolute Gasteiger partial charge is 0.329 e. The molecule has 0 aliphatic rings. The Morgan fingerprint density at radius 2 is 1.39 bits per heavy atom. The van der Waals surface area contributed by atoms with Crippen molar-refractivity contribution >= 4 is 17.5 Å². The van der Waals surface area contributed by atoms with Gasteiger partial charge in [-0.3, -0.25) is 4.79 Å². The zero-order valence-corrected chi connectivity index (χ0v) is 18.6. The predicted octanol–water partition coefficient (Wildman–Crippen LogP) is 8.45. The zero-order valence-electron chi connectivity index (χ0n) is 17.9. The molecule has 0 unspecified atom stereocenters. The molecule has 1 N–H and O–H groups in total. The van der Waals surface area contributed by atoms with Crippen LogP contribution in [0.15, 0.2) is 36.5 Å². The van der Waals surface area contributed by atoms with Crippen LogP contribution in [0.4, 0.5) is 0 Å². The van der Waals surface area contributed by atoms with Crippen molar-refractivity contribution in [3.63, 3.8) is 0 Å². The Morgan fingerprint density at radius 1 is 0.857 bits per heavy atom. The molecule has 0 radical (unpaired) electrons. The van der Waals surface area contributed by atoms with E-state index in [1.54, 1.807) is 30.5 Å². The fraction of sp³-hybridized carbons (Fsp3) is 0.640. The summed E-state index contributed by atoms with van der Waals surface area (Å²) in [6, 6.07) is 7.00. The number of rotatable bonds is 17. The van der Waals surface area contributed by atoms with Crippen molar-refractivity contribution in [1.29, 1.82) is 0 Å². The second-order valence-electron chi connectivity index (χ2n) is 7.77. The Hall–Kier alpha value is -1.28. The van der Waals surface area contributed by atoms with Gasteiger partial charge in [0.05, 0.1) is 0 Å². The molecule has 0 bridgehead atoms. The van der Waals surface area contributed by atoms with Gasteiger partial charge in [-0.2, -0.15) is 0 Å². The third-order valence-electron chi connectivity index (χ3n) is 5.14. The van der Waals surface area contributed by atoms with Gasteiger partial charge >= 0.3 is 0 Å². The summed E-state index contributed by atoms with van der Waals surface area (Å²) < 4.78 is 0. The van der Waals surface area contributed by atoms with Gasteiger partial charge in [0.1, 0.15) is 0 Å². The molecule has 0 saturated heterocycles. The Kier molecular flexibility index (Phi) is 15.7. The van der Waals surface area contributed by atoms with Gasteiger partial charge in [-0.1, -0.05) is 114 Å². The molecule has 1 amide bonds. The predicted molar refractivity (Wildman–Crippen MR) is 123 cm³/mol. The summed E-state index contributed by atoms with van der Waals surface area (Å²) in [6.45, 7) is 2.28. The first kappa shape index (κ1) is 24.8. The highest BCUT2D eigenvalue weighted by Crippen LogP contribution is 2.13. The lowest BCUT2D eigenvalue weighted by atomic mass is 10.0. The van der Waals surface area contributed by atoms with E-state index >= 15 is 0 Å². The lowest BCUT2D eigenvalue weighted by Crippen LogP contribution is -2.16. The lowest BCUT2D eigenvalue weighted by Gasteiger charge is -2.03. The summed E-state index contributed by atoms with van der Waals surface area (Å²) in [6.07, 6.45) is 24.1. The minimum Gasteiger partial charge on any atom is -0.329 e. The minimum absolute atomic E-state index is 0.111. The molecule has 158 valence electrons. The van der Waals surface area contributed by atoms with Crippen molar-refractivity contribution in [2.75, 3.05) is 0 Å². The monoisotopic (exact) mass is 405 g/mol. The van der Waals surface area contributed by atoms with Crippen molar-refractivity contribution < 1.29 is 4.79 Å². The molecule has 1 aromatic carbocycles. The zero-order chi connectivity index (χ0) is 20.3. The number of hydrogen-bond acceptors (Lipinski definition) is 1. The summed E-state index contributed by atoms with van der Waals surface area (Å²) in [4.78, 5) is 11.9. The standard InChI is InChI=1S/C25H40ClNO/c1-2-3-4-5-6-7-8-9-10-11-12-13-14-15-16-17-21-27-25(28)23-19-18-20-24(26)22-23/h17-22H,2-16H2,1H3,(H,27,28). The second-order valence-corrected chi connectivity index (χ2v) is 8.21. The molecular formula is C25H40ClNO. The molecule has 1 rings (SSSR count). The molecule has 0 fully saturated rings. The number of halogens is 1. The molecule has 0 spiro atoms. The third-order valence-corrected chi connectivity index (χ3v) is 5.38. The minimum atomic E-state index is -0.111. The number of hydrogen-bond donors (Lipinski definition) is 1. The van der Waals surface area contributed by atoms with Crippen molar-refractivity contribution in [3.05, 3.63) is 47.1 Å². The number of amides is 1. The number of allylic oxidation sites excluding steroid dienone is 1. The molecule has 0 aliphatic carbocycles. The van der Waals surface area contributed by atoms with Gasteiger partial charge in [0.2, 0.25) is 0 Å². The van der Waals surface area contributed by atoms with E-state index in [4.69, 9.17) is 11.6 Å². The smallest absolute Gasteiger partial charge is 0.255 e. The number of carbonyl (C=O) groups is 1. The highest BCUT2D eigenvalue weighted by molar-refractivity contribution is 6.30. The quantitative estimate of drug-likeness (QED) is 0.259. The van der Waals surface area contributed by atoms with Crippen LogP contribution in [0.5, 0.6) is 0 Å². The molecule has 0 saturated carbocycles. The second kappa shape index (κ2) is 17.8. The fourth-order valence-corrected chi connectivity index (χ4v) is 3.58. The topological polar surface area (TPSA) is 29.1 Å². The number of unbranched alkanes of at least 4 members (excludes halogenated alkanes) is 14. The molecule has 0 atom stereocenters. The van der Waals surface area contributed by atoms with Crippen molar-refractivity contribution in [2.24, 2.45) is 0 Å². The molecule has 0 aromatic heterocycles. The molecule has 0 aliphatic heterocycles. The Balaban J connectivity index is 1.85. The van der Waals surface area contributed by atoms with Crippen molar-refractivity contribution in [2.45, 2.75) is 103 Å². The highest BCUT2D eigenvalue weighted by atomic mass is 35.5. The van der Waals surface area contributed by atoms with E-state index < -0.39 is 0 Å². The fourth-order valence-electron chi connectivity index (χ4n) is 3.39. The van der Waals surface area contributed by atoms with E-state index in [0.717, 1.165) is 6.42 Å². The van der Waals surface area contributed by atoms with E-state index in [-0.39, 0.29) is 5.91 Å². The lowest BCUT2D eigenvalue weighted by molar-refractivity contribution is 0.0970. The van der Waals surface area contributed by atoms with Crippen LogP contribution in [0.1, 0.15) is 114 Å². The van der Waals surface area contributed by atoms with Crippen LogP contribution >= 0.6 is 11.6 Å². The molecule has 28 heavy (non-hydrogen) atoms. The molecule has 2 nitrogen and oxygen atoms in total. The number of nitrogens with one attached hydrogen (secondary N) is 1. The summed E-state index contributed by atoms with van der Waals surface area (Å²) >= 11 is 5.90. The maximum absolute atomic E-state index is 11.9. The van der Waals surface area contributed by atoms with Crippen LogP contribution in [-0.4, -0.2) is 5.91 Å². The first-order valence-corrected chi connectivity index (χ1v) is 11.8. The van der Waals surface area contributed by atoms with Gasteiger partial charge in [0.25, 0.3) is 5.91 Å². The summed E-state index contributed by atoms with van der Waals surface area (Å²) in [7, 11) is 0. The van der Waals surface area contributed by atoms with E-state index in [0.29, 0.717) is 10.6 Å². The van der Waals surface area contributed by atoms with Gasteiger partial charge in [0, 0.05) is 16.8 Å². The molecule has 3 heteroatoms. The van der Waals surface area contributed by atoms with Crippen molar-refractivity contribution in [1.82, 2.24) is 5.32 Å². The molecule has 0 heterocycles. The van der Waals surface area contributed by atoms with E-state index in [2.05, 4.69) is 12.2 Å². The average Bonchev–Trinajstić information content (AvgIpc) is 2.70. The summed E-state index contributed by atoms with van der Waals surface area (Å²) in [5, 5.41) is 3.38. The van der Waals surface area contributed by atoms with Crippen LogP contribution in [0, 0.1) is 0 Å². The van der Waals surface area contributed by atoms with Crippen LogP contribution < -0.4 is 5.32 Å². The van der Waals surface area contributed by atoms with Crippen LogP contribution in [0.3, 0.4) is 0 Å². The average molecular weight is 406 g/mol. The third kappa shape index (κ3) is 13.8. The first-order chi connectivity index (χ1) is 13.7. The SMILES string of the molecule is CCCCCCCCCCCCCCCCC=CNC(=O)c1cccc(Cl)c1. The first-order valence-electron chi connectivity index (χ1n) is 11.5. The van der Waals surface area contributed by atoms with Gasteiger partial charge < -0.3 is 5.32 Å². The molecule has 1 aromatic rings. The maximum atomic E-state index is 11.9. The van der Waals surface area contributed by atoms with Gasteiger partial charge in [0.15, 0.2) is 0 Å². The highest BCUT2D eigenvalue weighted by Gasteiger charge is 2.02. The number of carbonyl (C=O) groups excluding carboxylic acids is 1. The van der Waals surface area contributed by atoms with Crippen molar-refractivity contribution in [3.8, 4) is 0 Å². The summed E-state index contributed by atoms with van der Waals surface area (Å²) in [5.74, 6) is -0.111. The normalized spacial score (nSPS) is 11.2. The Morgan fingerprint density at radius 3 is 1.93 bits per heavy atom. The number of benzene rings is 1. The Labute approximate surface area is 178 Å². The van der Waals surface area contributed by atoms with Gasteiger partial charge in [-0.25, -0.2) is 0 Å². The molecular weight excluding hydrogens is 366 g/mol. The van der Waals surface area contributed by atoms with E-state index in [1.807, 2.05) is 6.08 Å². The van der Waals surface area contributed by atoms with Crippen LogP contribution in [0.25, 0.3) is 0 Å². The Bertz CT molecular complexity index is 541. The van der Waals surface area contributed by atoms with E-state index in [1.165, 1.54) is 89.9 Å². The van der Waals surface area contributed by atoms with E-state index in [9.17, 15) is 4.79 Å². The van der Waals surface area contributed by atoms with Crippen LogP contribution in [-0.2, 0) is 0 Å². The maximum Gasteiger partial charge on any atom is 0.255 e. The van der Waals surface area contributed by atoms with Crippen LogP contribution in [0.2, 0.25) is 5.02 Å². The van der Waals surface area contributed by atoms with Gasteiger partial charge in [-0.15, -0.1) is 0 Å².